The van der Waals surface area contributed by atoms with E-state index in [9.17, 15) is 0 Å². The van der Waals surface area contributed by atoms with Gasteiger partial charge in [-0.25, -0.2) is 0 Å². The molecule has 1 N–H and O–H groups in total. The fourth-order valence-electron chi connectivity index (χ4n) is 2.17. The van der Waals surface area contributed by atoms with Gasteiger partial charge in [0.25, 0.3) is 0 Å². The second-order valence-corrected chi connectivity index (χ2v) is 4.71. The van der Waals surface area contributed by atoms with Gasteiger partial charge in [0.2, 0.25) is 0 Å². The summed E-state index contributed by atoms with van der Waals surface area (Å²) >= 11 is 0. The molecule has 1 aliphatic rings. The van der Waals surface area contributed by atoms with E-state index in [1.54, 1.807) is 0 Å². The summed E-state index contributed by atoms with van der Waals surface area (Å²) < 4.78 is 10.9. The van der Waals surface area contributed by atoms with Crippen LogP contribution in [-0.4, -0.2) is 25.9 Å². The molecule has 0 radical (unpaired) electrons. The largest absolute Gasteiger partial charge is 0.479 e. The molecule has 1 aliphatic heterocycles. The Balaban J connectivity index is 1.69. The van der Waals surface area contributed by atoms with Crippen LogP contribution in [0.15, 0.2) is 24.3 Å². The van der Waals surface area contributed by atoms with Crippen LogP contribution in [0.2, 0.25) is 0 Å². The number of nitrogens with one attached hydrogen (secondary N) is 1. The molecule has 0 saturated carbocycles. The lowest BCUT2D eigenvalue weighted by Gasteiger charge is -2.22. The van der Waals surface area contributed by atoms with Gasteiger partial charge < -0.3 is 14.8 Å². The molecule has 1 saturated heterocycles. The van der Waals surface area contributed by atoms with E-state index in [2.05, 4.69) is 5.32 Å². The number of hydrogen-bond donors (Lipinski definition) is 1. The maximum atomic E-state index is 8.43. The molecule has 0 aliphatic carbocycles. The monoisotopic (exact) mass is 260 g/mol. The van der Waals surface area contributed by atoms with Gasteiger partial charge in [-0.15, -0.1) is 0 Å². The van der Waals surface area contributed by atoms with E-state index < -0.39 is 0 Å². The normalized spacial score (nSPS) is 18.8. The summed E-state index contributed by atoms with van der Waals surface area (Å²) in [7, 11) is 0. The van der Waals surface area contributed by atoms with Gasteiger partial charge in [0.05, 0.1) is 6.10 Å². The molecule has 4 heteroatoms. The molecular weight excluding hydrogens is 240 g/mol. The Labute approximate surface area is 114 Å². The first-order valence-corrected chi connectivity index (χ1v) is 6.79. The molecule has 0 amide bonds. The lowest BCUT2D eigenvalue weighted by molar-refractivity contribution is 0.0168. The Kier molecular flexibility index (Phi) is 5.67. The van der Waals surface area contributed by atoms with E-state index in [1.165, 1.54) is 18.4 Å². The summed E-state index contributed by atoms with van der Waals surface area (Å²) in [6, 6.07) is 9.77. The van der Waals surface area contributed by atoms with E-state index in [4.69, 9.17) is 14.7 Å². The Hall–Kier alpha value is -1.57. The summed E-state index contributed by atoms with van der Waals surface area (Å²) in [5, 5.41) is 11.8. The standard InChI is InChI=1S/C15H20N2O2/c16-8-10-19-14-6-4-13(5-7-14)11-17-12-15-3-1-2-9-18-15/h4-7,15,17H,1-3,9-12H2. The third kappa shape index (κ3) is 4.90. The summed E-state index contributed by atoms with van der Waals surface area (Å²) in [6.07, 6.45) is 4.00. The van der Waals surface area contributed by atoms with Crippen LogP contribution >= 0.6 is 0 Å². The summed E-state index contributed by atoms with van der Waals surface area (Å²) in [6.45, 7) is 2.74. The quantitative estimate of drug-likeness (QED) is 0.852. The van der Waals surface area contributed by atoms with Crippen LogP contribution in [0.1, 0.15) is 24.8 Å². The number of benzene rings is 1. The van der Waals surface area contributed by atoms with E-state index in [-0.39, 0.29) is 6.61 Å². The predicted octanol–water partition coefficient (Wildman–Crippen LogP) is 2.25. The summed E-state index contributed by atoms with van der Waals surface area (Å²) in [5.41, 5.74) is 1.21. The van der Waals surface area contributed by atoms with Crippen molar-refractivity contribution < 1.29 is 9.47 Å². The van der Waals surface area contributed by atoms with Gasteiger partial charge in [0, 0.05) is 19.7 Å². The van der Waals surface area contributed by atoms with E-state index in [0.717, 1.165) is 31.9 Å². The zero-order chi connectivity index (χ0) is 13.3. The van der Waals surface area contributed by atoms with Gasteiger partial charge in [-0.1, -0.05) is 12.1 Å². The summed E-state index contributed by atoms with van der Waals surface area (Å²) in [4.78, 5) is 0. The highest BCUT2D eigenvalue weighted by molar-refractivity contribution is 5.27. The molecule has 1 aromatic carbocycles. The van der Waals surface area contributed by atoms with E-state index in [1.807, 2.05) is 30.3 Å². The minimum atomic E-state index is 0.0939. The smallest absolute Gasteiger partial charge is 0.174 e. The molecule has 1 aromatic rings. The first-order valence-electron chi connectivity index (χ1n) is 6.79. The van der Waals surface area contributed by atoms with Crippen molar-refractivity contribution in [2.24, 2.45) is 0 Å². The lowest BCUT2D eigenvalue weighted by atomic mass is 10.1. The number of rotatable bonds is 6. The topological polar surface area (TPSA) is 54.3 Å². The highest BCUT2D eigenvalue weighted by Crippen LogP contribution is 2.13. The molecule has 2 rings (SSSR count). The van der Waals surface area contributed by atoms with E-state index >= 15 is 0 Å². The van der Waals surface area contributed by atoms with Crippen LogP contribution in [0, 0.1) is 11.3 Å². The van der Waals surface area contributed by atoms with E-state index in [0.29, 0.717) is 6.10 Å². The maximum absolute atomic E-state index is 8.43. The molecule has 102 valence electrons. The average molecular weight is 260 g/mol. The van der Waals surface area contributed by atoms with Gasteiger partial charge >= 0.3 is 0 Å². The van der Waals surface area contributed by atoms with Gasteiger partial charge in [-0.05, 0) is 37.0 Å². The molecule has 19 heavy (non-hydrogen) atoms. The predicted molar refractivity (Wildman–Crippen MR) is 72.8 cm³/mol. The van der Waals surface area contributed by atoms with Crippen LogP contribution in [0.25, 0.3) is 0 Å². The SMILES string of the molecule is N#CCOc1ccc(CNCC2CCCCO2)cc1. The molecule has 1 unspecified atom stereocenters. The Bertz CT molecular complexity index is 405. The van der Waals surface area contributed by atoms with Crippen LogP contribution in [-0.2, 0) is 11.3 Å². The third-order valence-electron chi connectivity index (χ3n) is 3.20. The van der Waals surface area contributed by atoms with Crippen molar-refractivity contribution in [3.63, 3.8) is 0 Å². The first-order chi connectivity index (χ1) is 9.38. The minimum absolute atomic E-state index is 0.0939. The van der Waals surface area contributed by atoms with Crippen LogP contribution in [0.3, 0.4) is 0 Å². The van der Waals surface area contributed by atoms with Crippen molar-refractivity contribution in [3.8, 4) is 11.8 Å². The van der Waals surface area contributed by atoms with Crippen molar-refractivity contribution in [3.05, 3.63) is 29.8 Å². The maximum Gasteiger partial charge on any atom is 0.174 e. The molecule has 0 spiro atoms. The number of nitrogens with zero attached hydrogens (tertiary/aromatic N) is 1. The molecule has 1 atom stereocenters. The van der Waals surface area contributed by atoms with Crippen molar-refractivity contribution in [1.29, 1.82) is 5.26 Å². The molecular formula is C15H20N2O2. The van der Waals surface area contributed by atoms with Crippen LogP contribution < -0.4 is 10.1 Å². The second-order valence-electron chi connectivity index (χ2n) is 4.71. The molecule has 0 aromatic heterocycles. The minimum Gasteiger partial charge on any atom is -0.479 e. The highest BCUT2D eigenvalue weighted by atomic mass is 16.5. The lowest BCUT2D eigenvalue weighted by Crippen LogP contribution is -2.31. The van der Waals surface area contributed by atoms with Crippen molar-refractivity contribution >= 4 is 0 Å². The van der Waals surface area contributed by atoms with Crippen LogP contribution in [0.5, 0.6) is 5.75 Å². The zero-order valence-corrected chi connectivity index (χ0v) is 11.1. The van der Waals surface area contributed by atoms with Crippen molar-refractivity contribution in [1.82, 2.24) is 5.32 Å². The number of ether oxygens (including phenoxy) is 2. The molecule has 1 heterocycles. The second kappa shape index (κ2) is 7.78. The Morgan fingerprint density at radius 2 is 2.16 bits per heavy atom. The van der Waals surface area contributed by atoms with Gasteiger partial charge in [0.1, 0.15) is 11.8 Å². The average Bonchev–Trinajstić information content (AvgIpc) is 2.47. The first kappa shape index (κ1) is 13.9. The Morgan fingerprint density at radius 3 is 2.84 bits per heavy atom. The fraction of sp³-hybridized carbons (Fsp3) is 0.533. The molecule has 1 fully saturated rings. The van der Waals surface area contributed by atoms with Gasteiger partial charge in [-0.3, -0.25) is 0 Å². The highest BCUT2D eigenvalue weighted by Gasteiger charge is 2.12. The Morgan fingerprint density at radius 1 is 1.32 bits per heavy atom. The van der Waals surface area contributed by atoms with Crippen LogP contribution in [0.4, 0.5) is 0 Å². The van der Waals surface area contributed by atoms with Gasteiger partial charge in [0.15, 0.2) is 6.61 Å². The zero-order valence-electron chi connectivity index (χ0n) is 11.1. The molecule has 4 nitrogen and oxygen atoms in total. The van der Waals surface area contributed by atoms with Crippen molar-refractivity contribution in [2.45, 2.75) is 31.9 Å². The number of nitriles is 1. The number of hydrogen-bond acceptors (Lipinski definition) is 4. The molecule has 0 bridgehead atoms. The fourth-order valence-corrected chi connectivity index (χ4v) is 2.17. The van der Waals surface area contributed by atoms with Gasteiger partial charge in [-0.2, -0.15) is 5.26 Å². The third-order valence-corrected chi connectivity index (χ3v) is 3.20. The summed E-state index contributed by atoms with van der Waals surface area (Å²) in [5.74, 6) is 0.737. The van der Waals surface area contributed by atoms with Crippen molar-refractivity contribution in [2.75, 3.05) is 19.8 Å².